The van der Waals surface area contributed by atoms with Gasteiger partial charge in [-0.1, -0.05) is 0 Å². The van der Waals surface area contributed by atoms with Crippen molar-refractivity contribution in [2.45, 2.75) is 25.4 Å². The molecule has 140 valence electrons. The van der Waals surface area contributed by atoms with Gasteiger partial charge < -0.3 is 15.4 Å². The Labute approximate surface area is 156 Å². The third-order valence-electron chi connectivity index (χ3n) is 4.17. The molecule has 1 amide bonds. The number of halogens is 2. The zero-order chi connectivity index (χ0) is 16.2. The van der Waals surface area contributed by atoms with E-state index in [1.54, 1.807) is 17.9 Å². The molecule has 1 saturated heterocycles. The number of morpholine rings is 1. The first-order chi connectivity index (χ1) is 10.4. The van der Waals surface area contributed by atoms with Crippen LogP contribution in [0.25, 0.3) is 0 Å². The van der Waals surface area contributed by atoms with Crippen molar-refractivity contribution in [3.8, 4) is 0 Å². The molecule has 7 nitrogen and oxygen atoms in total. The molecule has 1 fully saturated rings. The molecule has 2 N–H and O–H groups in total. The monoisotopic (exact) mass is 381 g/mol. The van der Waals surface area contributed by atoms with Crippen molar-refractivity contribution in [2.75, 3.05) is 39.9 Å². The third-order valence-corrected chi connectivity index (χ3v) is 4.17. The fraction of sp³-hybridized carbons (Fsp3) is 0.733. The minimum atomic E-state index is -0.380. The van der Waals surface area contributed by atoms with Crippen LogP contribution in [0.2, 0.25) is 0 Å². The molecule has 1 atom stereocenters. The molecule has 1 aromatic heterocycles. The molecular weight excluding hydrogens is 353 g/mol. The number of aromatic nitrogens is 2. The quantitative estimate of drug-likeness (QED) is 0.760. The molecule has 1 unspecified atom stereocenters. The first kappa shape index (κ1) is 23.1. The number of carbonyl (C=O) groups is 1. The minimum Gasteiger partial charge on any atom is -0.379 e. The molecule has 0 radical (unpaired) electrons. The molecule has 0 spiro atoms. The molecule has 1 aliphatic heterocycles. The summed E-state index contributed by atoms with van der Waals surface area (Å²) in [4.78, 5) is 14.8. The summed E-state index contributed by atoms with van der Waals surface area (Å²) >= 11 is 0. The van der Waals surface area contributed by atoms with E-state index in [2.05, 4.69) is 34.5 Å². The normalized spacial score (nSPS) is 16.7. The summed E-state index contributed by atoms with van der Waals surface area (Å²) in [5.41, 5.74) is 0.777. The Morgan fingerprint density at radius 3 is 2.50 bits per heavy atom. The number of hydrogen-bond donors (Lipinski definition) is 2. The summed E-state index contributed by atoms with van der Waals surface area (Å²) in [6.45, 7) is 8.22. The number of nitrogens with one attached hydrogen (secondary N) is 2. The van der Waals surface area contributed by atoms with E-state index < -0.39 is 0 Å². The number of ether oxygens (including phenoxy) is 1. The number of hydrogen-bond acceptors (Lipinski definition) is 5. The molecular formula is C15H29Cl2N5O2. The van der Waals surface area contributed by atoms with Gasteiger partial charge in [0.05, 0.1) is 19.4 Å². The van der Waals surface area contributed by atoms with E-state index in [0.29, 0.717) is 6.54 Å². The van der Waals surface area contributed by atoms with Crippen molar-refractivity contribution in [1.82, 2.24) is 25.3 Å². The van der Waals surface area contributed by atoms with E-state index in [-0.39, 0.29) is 42.3 Å². The van der Waals surface area contributed by atoms with Crippen LogP contribution in [-0.4, -0.2) is 66.0 Å². The molecule has 1 aliphatic rings. The number of nitrogens with zero attached hydrogens (tertiary/aromatic N) is 3. The summed E-state index contributed by atoms with van der Waals surface area (Å²) in [6.07, 6.45) is 3.57. The predicted octanol–water partition coefficient (Wildman–Crippen LogP) is 0.751. The van der Waals surface area contributed by atoms with Crippen LogP contribution in [-0.2, 0) is 16.6 Å². The molecule has 0 aromatic carbocycles. The summed E-state index contributed by atoms with van der Waals surface area (Å²) in [5.74, 6) is -0.0307. The number of likely N-dealkylation sites (N-methyl/N-ethyl adjacent to an activating group) is 1. The van der Waals surface area contributed by atoms with Gasteiger partial charge in [-0.15, -0.1) is 24.8 Å². The van der Waals surface area contributed by atoms with Gasteiger partial charge in [0.15, 0.2) is 0 Å². The lowest BCUT2D eigenvalue weighted by Crippen LogP contribution is -2.56. The zero-order valence-corrected chi connectivity index (χ0v) is 16.4. The topological polar surface area (TPSA) is 71.4 Å². The molecule has 0 bridgehead atoms. The Morgan fingerprint density at radius 2 is 2.00 bits per heavy atom. The second kappa shape index (κ2) is 10.2. The van der Waals surface area contributed by atoms with Crippen LogP contribution in [0.15, 0.2) is 12.4 Å². The molecule has 0 saturated carbocycles. The van der Waals surface area contributed by atoms with Gasteiger partial charge >= 0.3 is 0 Å². The number of carbonyl (C=O) groups excluding carboxylic acids is 1. The summed E-state index contributed by atoms with van der Waals surface area (Å²) in [5, 5.41) is 10.2. The van der Waals surface area contributed by atoms with Crippen LogP contribution in [0.1, 0.15) is 25.5 Å². The maximum atomic E-state index is 12.5. The van der Waals surface area contributed by atoms with Crippen molar-refractivity contribution in [1.29, 1.82) is 0 Å². The summed E-state index contributed by atoms with van der Waals surface area (Å²) in [6, 6.07) is -0.380. The standard InChI is InChI=1S/C15H27N5O2.2ClH/c1-15(2,20-5-7-22-8-6-20)11-17-14(21)13(16-3)12-9-18-19(4)10-12;;/h9-10,13,16H,5-8,11H2,1-4H3,(H,17,21);2*1H. The van der Waals surface area contributed by atoms with Crippen molar-refractivity contribution < 1.29 is 9.53 Å². The molecule has 24 heavy (non-hydrogen) atoms. The summed E-state index contributed by atoms with van der Waals surface area (Å²) in [7, 11) is 3.63. The molecule has 1 aromatic rings. The van der Waals surface area contributed by atoms with Gasteiger partial charge in [-0.05, 0) is 20.9 Å². The first-order valence-corrected chi connectivity index (χ1v) is 7.70. The van der Waals surface area contributed by atoms with Gasteiger partial charge in [0.25, 0.3) is 0 Å². The summed E-state index contributed by atoms with van der Waals surface area (Å²) < 4.78 is 7.09. The van der Waals surface area contributed by atoms with E-state index in [1.165, 1.54) is 0 Å². The van der Waals surface area contributed by atoms with Gasteiger partial charge in [0.1, 0.15) is 6.04 Å². The van der Waals surface area contributed by atoms with Crippen LogP contribution in [0.5, 0.6) is 0 Å². The van der Waals surface area contributed by atoms with E-state index in [0.717, 1.165) is 31.9 Å². The average molecular weight is 382 g/mol. The molecule has 2 rings (SSSR count). The number of amides is 1. The second-order valence-electron chi connectivity index (χ2n) is 6.30. The van der Waals surface area contributed by atoms with Gasteiger partial charge in [-0.25, -0.2) is 0 Å². The number of rotatable bonds is 6. The molecule has 9 heteroatoms. The second-order valence-corrected chi connectivity index (χ2v) is 6.30. The van der Waals surface area contributed by atoms with Crippen LogP contribution in [0.3, 0.4) is 0 Å². The Kier molecular flexibility index (Phi) is 9.84. The predicted molar refractivity (Wildman–Crippen MR) is 99.0 cm³/mol. The van der Waals surface area contributed by atoms with Crippen molar-refractivity contribution in [2.24, 2.45) is 7.05 Å². The fourth-order valence-electron chi connectivity index (χ4n) is 2.72. The van der Waals surface area contributed by atoms with Crippen LogP contribution in [0.4, 0.5) is 0 Å². The van der Waals surface area contributed by atoms with E-state index in [4.69, 9.17) is 4.74 Å². The van der Waals surface area contributed by atoms with Crippen molar-refractivity contribution in [3.63, 3.8) is 0 Å². The highest BCUT2D eigenvalue weighted by molar-refractivity contribution is 5.85. The molecule has 2 heterocycles. The van der Waals surface area contributed by atoms with Gasteiger partial charge in [0.2, 0.25) is 5.91 Å². The van der Waals surface area contributed by atoms with Gasteiger partial charge in [-0.2, -0.15) is 5.10 Å². The highest BCUT2D eigenvalue weighted by atomic mass is 35.5. The van der Waals surface area contributed by atoms with Crippen LogP contribution in [0, 0.1) is 0 Å². The maximum Gasteiger partial charge on any atom is 0.241 e. The van der Waals surface area contributed by atoms with E-state index in [1.807, 2.05) is 13.2 Å². The van der Waals surface area contributed by atoms with Crippen LogP contribution >= 0.6 is 24.8 Å². The number of aryl methyl sites for hydroxylation is 1. The first-order valence-electron chi connectivity index (χ1n) is 7.70. The van der Waals surface area contributed by atoms with E-state index >= 15 is 0 Å². The lowest BCUT2D eigenvalue weighted by Gasteiger charge is -2.41. The fourth-order valence-corrected chi connectivity index (χ4v) is 2.72. The Bertz CT molecular complexity index is 504. The van der Waals surface area contributed by atoms with Gasteiger partial charge in [0, 0.05) is 44.0 Å². The lowest BCUT2D eigenvalue weighted by atomic mass is 10.0. The zero-order valence-electron chi connectivity index (χ0n) is 14.7. The van der Waals surface area contributed by atoms with Gasteiger partial charge in [-0.3, -0.25) is 14.4 Å². The molecule has 0 aliphatic carbocycles. The van der Waals surface area contributed by atoms with Crippen molar-refractivity contribution >= 4 is 30.7 Å². The highest BCUT2D eigenvalue weighted by Gasteiger charge is 2.30. The maximum absolute atomic E-state index is 12.5. The Balaban J connectivity index is 0.00000264. The SMILES string of the molecule is CNC(C(=O)NCC(C)(C)N1CCOCC1)c1cnn(C)c1.Cl.Cl. The Hall–Kier alpha value is -0.860. The smallest absolute Gasteiger partial charge is 0.241 e. The highest BCUT2D eigenvalue weighted by Crippen LogP contribution is 2.16. The minimum absolute atomic E-state index is 0. The largest absolute Gasteiger partial charge is 0.379 e. The lowest BCUT2D eigenvalue weighted by molar-refractivity contribution is -0.124. The third kappa shape index (κ3) is 5.89. The van der Waals surface area contributed by atoms with Crippen LogP contribution < -0.4 is 10.6 Å². The average Bonchev–Trinajstić information content (AvgIpc) is 2.93. The van der Waals surface area contributed by atoms with E-state index in [9.17, 15) is 4.79 Å². The van der Waals surface area contributed by atoms with Crippen molar-refractivity contribution in [3.05, 3.63) is 18.0 Å². The Morgan fingerprint density at radius 1 is 1.38 bits per heavy atom.